The fourth-order valence-corrected chi connectivity index (χ4v) is 4.34. The quantitative estimate of drug-likeness (QED) is 0.387. The molecule has 2 saturated heterocycles. The van der Waals surface area contributed by atoms with Crippen LogP contribution in [0.15, 0.2) is 54.6 Å². The lowest BCUT2D eigenvalue weighted by Crippen LogP contribution is -2.61. The van der Waals surface area contributed by atoms with Gasteiger partial charge in [0.05, 0.1) is 4.92 Å². The summed E-state index contributed by atoms with van der Waals surface area (Å²) in [5.74, 6) is -0.0388. The Morgan fingerprint density at radius 2 is 1.66 bits per heavy atom. The molecule has 2 fully saturated rings. The summed E-state index contributed by atoms with van der Waals surface area (Å²) >= 11 is 0. The zero-order valence-corrected chi connectivity index (χ0v) is 17.9. The van der Waals surface area contributed by atoms with Gasteiger partial charge in [-0.3, -0.25) is 24.6 Å². The number of hydrogen-bond acceptors (Lipinski definition) is 6. The molecule has 9 nitrogen and oxygen atoms in total. The summed E-state index contributed by atoms with van der Waals surface area (Å²) in [4.78, 5) is 43.2. The van der Waals surface area contributed by atoms with Gasteiger partial charge in [0.25, 0.3) is 5.69 Å². The molecule has 32 heavy (non-hydrogen) atoms. The number of benzene rings is 2. The highest BCUT2D eigenvalue weighted by Crippen LogP contribution is 2.23. The SMILES string of the molecule is O=CN1CCN(c2ccc([N+](=O)[O-])cc2)CC1C(=O)N1CCN(Cc2ccccc2)CC1. The molecule has 168 valence electrons. The van der Waals surface area contributed by atoms with Gasteiger partial charge in [-0.05, 0) is 17.7 Å². The Bertz CT molecular complexity index is 945. The van der Waals surface area contributed by atoms with Gasteiger partial charge in [0, 0.05) is 70.2 Å². The first-order valence-electron chi connectivity index (χ1n) is 10.8. The van der Waals surface area contributed by atoms with Crippen molar-refractivity contribution >= 4 is 23.7 Å². The van der Waals surface area contributed by atoms with Crippen molar-refractivity contribution in [3.63, 3.8) is 0 Å². The molecule has 2 aliphatic heterocycles. The van der Waals surface area contributed by atoms with Crippen molar-refractivity contribution in [2.45, 2.75) is 12.6 Å². The number of non-ortho nitro benzene ring substituents is 1. The molecule has 2 aliphatic rings. The maximum atomic E-state index is 13.3. The van der Waals surface area contributed by atoms with Crippen molar-refractivity contribution in [3.8, 4) is 0 Å². The molecule has 0 aliphatic carbocycles. The van der Waals surface area contributed by atoms with Gasteiger partial charge >= 0.3 is 0 Å². The van der Waals surface area contributed by atoms with Crippen LogP contribution in [0.3, 0.4) is 0 Å². The summed E-state index contributed by atoms with van der Waals surface area (Å²) in [5, 5.41) is 10.9. The number of anilines is 1. The maximum absolute atomic E-state index is 13.3. The van der Waals surface area contributed by atoms with Crippen molar-refractivity contribution in [2.24, 2.45) is 0 Å². The van der Waals surface area contributed by atoms with Gasteiger partial charge in [0.2, 0.25) is 12.3 Å². The minimum absolute atomic E-state index is 0.0290. The molecule has 2 amide bonds. The molecule has 4 rings (SSSR count). The van der Waals surface area contributed by atoms with E-state index in [9.17, 15) is 19.7 Å². The van der Waals surface area contributed by atoms with Crippen LogP contribution in [-0.4, -0.2) is 83.8 Å². The third-order valence-electron chi connectivity index (χ3n) is 6.20. The Morgan fingerprint density at radius 1 is 0.969 bits per heavy atom. The van der Waals surface area contributed by atoms with Crippen LogP contribution < -0.4 is 4.90 Å². The second kappa shape index (κ2) is 9.78. The molecule has 1 unspecified atom stereocenters. The molecule has 1 atom stereocenters. The van der Waals surface area contributed by atoms with E-state index in [1.54, 1.807) is 17.0 Å². The Balaban J connectivity index is 1.37. The number of nitro benzene ring substituents is 1. The Kier molecular flexibility index (Phi) is 6.65. The normalized spacial score (nSPS) is 19.6. The predicted molar refractivity (Wildman–Crippen MR) is 120 cm³/mol. The number of rotatable bonds is 6. The summed E-state index contributed by atoms with van der Waals surface area (Å²) < 4.78 is 0. The van der Waals surface area contributed by atoms with Crippen molar-refractivity contribution in [1.29, 1.82) is 0 Å². The molecule has 2 heterocycles. The lowest BCUT2D eigenvalue weighted by Gasteiger charge is -2.43. The molecule has 0 aromatic heterocycles. The lowest BCUT2D eigenvalue weighted by atomic mass is 10.1. The van der Waals surface area contributed by atoms with E-state index in [4.69, 9.17) is 0 Å². The van der Waals surface area contributed by atoms with Crippen LogP contribution in [0.2, 0.25) is 0 Å². The van der Waals surface area contributed by atoms with E-state index >= 15 is 0 Å². The summed E-state index contributed by atoms with van der Waals surface area (Å²) in [6.07, 6.45) is 0.751. The molecule has 0 bridgehead atoms. The first-order chi connectivity index (χ1) is 15.5. The molecule has 0 saturated carbocycles. The Labute approximate surface area is 187 Å². The lowest BCUT2D eigenvalue weighted by molar-refractivity contribution is -0.384. The average Bonchev–Trinajstić information content (AvgIpc) is 2.84. The van der Waals surface area contributed by atoms with Gasteiger partial charge in [-0.1, -0.05) is 30.3 Å². The van der Waals surface area contributed by atoms with E-state index in [-0.39, 0.29) is 11.6 Å². The summed E-state index contributed by atoms with van der Waals surface area (Å²) in [6, 6.07) is 16.0. The van der Waals surface area contributed by atoms with E-state index < -0.39 is 11.0 Å². The van der Waals surface area contributed by atoms with E-state index in [0.717, 1.165) is 31.7 Å². The van der Waals surface area contributed by atoms with Crippen LogP contribution >= 0.6 is 0 Å². The maximum Gasteiger partial charge on any atom is 0.269 e. The first kappa shape index (κ1) is 21.8. The van der Waals surface area contributed by atoms with Crippen molar-refractivity contribution < 1.29 is 14.5 Å². The highest BCUT2D eigenvalue weighted by molar-refractivity contribution is 5.85. The topological polar surface area (TPSA) is 90.2 Å². The van der Waals surface area contributed by atoms with E-state index in [2.05, 4.69) is 17.0 Å². The highest BCUT2D eigenvalue weighted by atomic mass is 16.6. The Morgan fingerprint density at radius 3 is 2.28 bits per heavy atom. The minimum atomic E-state index is -0.558. The third kappa shape index (κ3) is 4.88. The fourth-order valence-electron chi connectivity index (χ4n) is 4.34. The highest BCUT2D eigenvalue weighted by Gasteiger charge is 2.35. The number of carbonyl (C=O) groups is 2. The van der Waals surface area contributed by atoms with Gasteiger partial charge in [0.15, 0.2) is 0 Å². The number of carbonyl (C=O) groups excluding carboxylic acids is 2. The van der Waals surface area contributed by atoms with Crippen molar-refractivity contribution in [3.05, 3.63) is 70.3 Å². The van der Waals surface area contributed by atoms with Crippen LogP contribution in [0.25, 0.3) is 0 Å². The molecular formula is C23H27N5O4. The summed E-state index contributed by atoms with van der Waals surface area (Å²) in [6.45, 7) is 5.09. The minimum Gasteiger partial charge on any atom is -0.367 e. The first-order valence-corrected chi connectivity index (χ1v) is 10.8. The van der Waals surface area contributed by atoms with Gasteiger partial charge in [0.1, 0.15) is 6.04 Å². The average molecular weight is 438 g/mol. The van der Waals surface area contributed by atoms with Crippen LogP contribution in [0, 0.1) is 10.1 Å². The summed E-state index contributed by atoms with van der Waals surface area (Å²) in [7, 11) is 0. The molecule has 9 heteroatoms. The molecule has 2 aromatic rings. The third-order valence-corrected chi connectivity index (χ3v) is 6.20. The van der Waals surface area contributed by atoms with E-state index in [1.165, 1.54) is 17.7 Å². The molecule has 2 aromatic carbocycles. The van der Waals surface area contributed by atoms with Gasteiger partial charge in [-0.25, -0.2) is 0 Å². The smallest absolute Gasteiger partial charge is 0.269 e. The number of piperazine rings is 2. The monoisotopic (exact) mass is 437 g/mol. The fraction of sp³-hybridized carbons (Fsp3) is 0.391. The van der Waals surface area contributed by atoms with Gasteiger partial charge < -0.3 is 14.7 Å². The van der Waals surface area contributed by atoms with Gasteiger partial charge in [-0.2, -0.15) is 0 Å². The number of amides is 2. The van der Waals surface area contributed by atoms with Gasteiger partial charge in [-0.15, -0.1) is 0 Å². The zero-order valence-electron chi connectivity index (χ0n) is 17.9. The standard InChI is InChI=1S/C23H27N5O4/c29-18-27-15-14-26(20-6-8-21(9-7-20)28(31)32)17-22(27)23(30)25-12-10-24(11-13-25)16-19-4-2-1-3-5-19/h1-9,18,22H,10-17H2. The summed E-state index contributed by atoms with van der Waals surface area (Å²) in [5.41, 5.74) is 2.10. The van der Waals surface area contributed by atoms with Crippen molar-refractivity contribution in [1.82, 2.24) is 14.7 Å². The second-order valence-electron chi connectivity index (χ2n) is 8.17. The van der Waals surface area contributed by atoms with Crippen LogP contribution in [0.1, 0.15) is 5.56 Å². The van der Waals surface area contributed by atoms with Crippen LogP contribution in [0.4, 0.5) is 11.4 Å². The van der Waals surface area contributed by atoms with Crippen LogP contribution in [-0.2, 0) is 16.1 Å². The number of nitrogens with zero attached hydrogens (tertiary/aromatic N) is 5. The van der Waals surface area contributed by atoms with Crippen LogP contribution in [0.5, 0.6) is 0 Å². The van der Waals surface area contributed by atoms with E-state index in [1.807, 2.05) is 28.0 Å². The number of hydrogen-bond donors (Lipinski definition) is 0. The molecular weight excluding hydrogens is 410 g/mol. The van der Waals surface area contributed by atoms with Crippen molar-refractivity contribution in [2.75, 3.05) is 50.7 Å². The zero-order chi connectivity index (χ0) is 22.5. The second-order valence-corrected chi connectivity index (χ2v) is 8.17. The largest absolute Gasteiger partial charge is 0.367 e. The molecule has 0 spiro atoms. The number of nitro groups is 1. The predicted octanol–water partition coefficient (Wildman–Crippen LogP) is 1.59. The van der Waals surface area contributed by atoms with E-state index in [0.29, 0.717) is 32.7 Å². The molecule has 0 radical (unpaired) electrons. The molecule has 0 N–H and O–H groups in total. The Hall–Kier alpha value is -3.46.